The smallest absolute Gasteiger partial charge is 0.0414 e. The van der Waals surface area contributed by atoms with Crippen molar-refractivity contribution in [3.63, 3.8) is 0 Å². The number of hydrogen-bond acceptors (Lipinski definition) is 2. The van der Waals surface area contributed by atoms with Gasteiger partial charge in [0.15, 0.2) is 0 Å². The summed E-state index contributed by atoms with van der Waals surface area (Å²) in [5.74, 6) is 0. The molecule has 0 saturated heterocycles. The van der Waals surface area contributed by atoms with Crippen LogP contribution in [-0.2, 0) is 0 Å². The number of fused-ring (bicyclic) bond motifs is 3. The molecule has 36 heavy (non-hydrogen) atoms. The summed E-state index contributed by atoms with van der Waals surface area (Å²) in [5, 5.41) is 5.10. The zero-order valence-corrected chi connectivity index (χ0v) is 22.8. The lowest BCUT2D eigenvalue weighted by molar-refractivity contribution is 1.17. The molecule has 0 bridgehead atoms. The van der Waals surface area contributed by atoms with Crippen molar-refractivity contribution in [1.82, 2.24) is 0 Å². The van der Waals surface area contributed by atoms with Gasteiger partial charge >= 0.3 is 0 Å². The van der Waals surface area contributed by atoms with E-state index in [1.165, 1.54) is 77.7 Å². The molecule has 2 heteroatoms. The van der Waals surface area contributed by atoms with Crippen LogP contribution in [-0.4, -0.2) is 14.1 Å². The van der Waals surface area contributed by atoms with Crippen LogP contribution < -0.4 is 9.80 Å². The van der Waals surface area contributed by atoms with Crippen molar-refractivity contribution in [2.75, 3.05) is 23.9 Å². The lowest BCUT2D eigenvalue weighted by Crippen LogP contribution is -2.10. The molecule has 0 saturated carbocycles. The molecule has 5 aromatic carbocycles. The Morgan fingerprint density at radius 3 is 1.06 bits per heavy atom. The van der Waals surface area contributed by atoms with E-state index in [0.717, 1.165) is 0 Å². The van der Waals surface area contributed by atoms with Crippen molar-refractivity contribution < 1.29 is 0 Å². The average molecular weight is 473 g/mol. The van der Waals surface area contributed by atoms with Crippen LogP contribution in [0.25, 0.3) is 21.5 Å². The number of nitrogens with zero attached hydrogens (tertiary/aromatic N) is 2. The van der Waals surface area contributed by atoms with Crippen molar-refractivity contribution in [3.05, 3.63) is 106 Å². The maximum absolute atomic E-state index is 2.30. The molecule has 2 nitrogen and oxygen atoms in total. The predicted octanol–water partition coefficient (Wildman–Crippen LogP) is 9.38. The molecule has 182 valence electrons. The second-order valence-electron chi connectivity index (χ2n) is 10.4. The van der Waals surface area contributed by atoms with Crippen LogP contribution in [0.1, 0.15) is 33.4 Å². The van der Waals surface area contributed by atoms with Crippen molar-refractivity contribution in [2.24, 2.45) is 0 Å². The topological polar surface area (TPSA) is 6.48 Å². The molecule has 0 amide bonds. The first-order valence-corrected chi connectivity index (χ1v) is 12.7. The largest absolute Gasteiger partial charge is 0.345 e. The van der Waals surface area contributed by atoms with E-state index in [1.54, 1.807) is 0 Å². The Balaban J connectivity index is 1.51. The van der Waals surface area contributed by atoms with Gasteiger partial charge in [-0.05, 0) is 145 Å². The molecule has 0 heterocycles. The van der Waals surface area contributed by atoms with Crippen molar-refractivity contribution in [1.29, 1.82) is 0 Å². The summed E-state index contributed by atoms with van der Waals surface area (Å²) in [5.41, 5.74) is 12.9. The molecule has 0 aliphatic rings. The average Bonchev–Trinajstić information content (AvgIpc) is 2.88. The van der Waals surface area contributed by atoms with E-state index in [0.29, 0.717) is 0 Å². The summed E-state index contributed by atoms with van der Waals surface area (Å²) in [6.07, 6.45) is 0. The third-order valence-corrected chi connectivity index (χ3v) is 8.18. The van der Waals surface area contributed by atoms with E-state index in [2.05, 4.69) is 138 Å². The van der Waals surface area contributed by atoms with E-state index < -0.39 is 0 Å². The minimum Gasteiger partial charge on any atom is -0.345 e. The standard InChI is InChI=1S/C34H36N2/c1-21-15-31(16-22(2)25(21)5)35(7)29-11-13-33-27(19-29)9-10-28-20-30(12-14-34(28)33)36(8)32-17-23(3)26(6)24(4)18-32/h9-20H,1-8H3. The molecule has 0 radical (unpaired) electrons. The maximum atomic E-state index is 2.30. The van der Waals surface area contributed by atoms with Crippen LogP contribution in [0.5, 0.6) is 0 Å². The Bertz CT molecular complexity index is 1460. The van der Waals surface area contributed by atoms with Crippen LogP contribution in [0.15, 0.2) is 72.8 Å². The van der Waals surface area contributed by atoms with Gasteiger partial charge in [-0.15, -0.1) is 0 Å². The lowest BCUT2D eigenvalue weighted by atomic mass is 9.99. The Hall–Kier alpha value is -3.78. The molecule has 0 N–H and O–H groups in total. The van der Waals surface area contributed by atoms with Crippen molar-refractivity contribution in [3.8, 4) is 0 Å². The fourth-order valence-corrected chi connectivity index (χ4v) is 5.17. The van der Waals surface area contributed by atoms with E-state index in [9.17, 15) is 0 Å². The van der Waals surface area contributed by atoms with Gasteiger partial charge in [-0.3, -0.25) is 0 Å². The molecule has 0 unspecified atom stereocenters. The van der Waals surface area contributed by atoms with Crippen LogP contribution in [0.2, 0.25) is 0 Å². The van der Waals surface area contributed by atoms with Crippen LogP contribution in [0.3, 0.4) is 0 Å². The normalized spacial score (nSPS) is 11.3. The lowest BCUT2D eigenvalue weighted by Gasteiger charge is -2.23. The number of aryl methyl sites for hydroxylation is 4. The third kappa shape index (κ3) is 4.11. The maximum Gasteiger partial charge on any atom is 0.0414 e. The molecule has 0 spiro atoms. The zero-order chi connectivity index (χ0) is 25.7. The van der Waals surface area contributed by atoms with Gasteiger partial charge in [0.05, 0.1) is 0 Å². The number of anilines is 4. The van der Waals surface area contributed by atoms with Gasteiger partial charge in [0.2, 0.25) is 0 Å². The molecule has 0 atom stereocenters. The Morgan fingerprint density at radius 1 is 0.389 bits per heavy atom. The Morgan fingerprint density at radius 2 is 0.722 bits per heavy atom. The minimum atomic E-state index is 1.20. The highest BCUT2D eigenvalue weighted by atomic mass is 15.1. The van der Waals surface area contributed by atoms with Crippen molar-refractivity contribution in [2.45, 2.75) is 41.5 Å². The molecule has 5 rings (SSSR count). The van der Waals surface area contributed by atoms with Crippen molar-refractivity contribution >= 4 is 44.3 Å². The number of hydrogen-bond donors (Lipinski definition) is 0. The second-order valence-corrected chi connectivity index (χ2v) is 10.4. The predicted molar refractivity (Wildman–Crippen MR) is 159 cm³/mol. The number of benzene rings is 5. The number of rotatable bonds is 4. The third-order valence-electron chi connectivity index (χ3n) is 8.18. The molecule has 5 aromatic rings. The highest BCUT2D eigenvalue weighted by molar-refractivity contribution is 6.09. The van der Waals surface area contributed by atoms with Gasteiger partial charge in [0, 0.05) is 36.8 Å². The molecule has 0 fully saturated rings. The molecular formula is C34H36N2. The first kappa shape index (κ1) is 23.9. The molecule has 0 aliphatic heterocycles. The highest BCUT2D eigenvalue weighted by Gasteiger charge is 2.12. The van der Waals surface area contributed by atoms with E-state index in [4.69, 9.17) is 0 Å². The first-order valence-electron chi connectivity index (χ1n) is 12.7. The van der Waals surface area contributed by atoms with Gasteiger partial charge in [-0.25, -0.2) is 0 Å². The first-order chi connectivity index (χ1) is 17.1. The monoisotopic (exact) mass is 472 g/mol. The fraction of sp³-hybridized carbons (Fsp3) is 0.235. The zero-order valence-electron chi connectivity index (χ0n) is 22.8. The van der Waals surface area contributed by atoms with E-state index >= 15 is 0 Å². The fourth-order valence-electron chi connectivity index (χ4n) is 5.17. The summed E-state index contributed by atoms with van der Waals surface area (Å²) in [6.45, 7) is 13.2. The van der Waals surface area contributed by atoms with Gasteiger partial charge in [0.25, 0.3) is 0 Å². The van der Waals surface area contributed by atoms with Gasteiger partial charge in [-0.2, -0.15) is 0 Å². The summed E-state index contributed by atoms with van der Waals surface area (Å²) in [4.78, 5) is 4.57. The molecular weight excluding hydrogens is 436 g/mol. The Kier molecular flexibility index (Phi) is 6.00. The van der Waals surface area contributed by atoms with E-state index in [-0.39, 0.29) is 0 Å². The van der Waals surface area contributed by atoms with Gasteiger partial charge < -0.3 is 9.80 Å². The summed E-state index contributed by atoms with van der Waals surface area (Å²) < 4.78 is 0. The minimum absolute atomic E-state index is 1.20. The second kappa shape index (κ2) is 9.02. The SMILES string of the molecule is Cc1cc(N(C)c2ccc3c(ccc4cc(N(C)c5cc(C)c(C)c(C)c5)ccc43)c2)cc(C)c1C. The summed E-state index contributed by atoms with van der Waals surface area (Å²) in [6, 6.07) is 27.3. The quantitative estimate of drug-likeness (QED) is 0.240. The van der Waals surface area contributed by atoms with Crippen LogP contribution in [0.4, 0.5) is 22.7 Å². The molecule has 0 aromatic heterocycles. The molecule has 0 aliphatic carbocycles. The highest BCUT2D eigenvalue weighted by Crippen LogP contribution is 2.35. The van der Waals surface area contributed by atoms with Crippen LogP contribution in [0, 0.1) is 41.5 Å². The Labute approximate surface area is 215 Å². The van der Waals surface area contributed by atoms with Crippen LogP contribution >= 0.6 is 0 Å². The summed E-state index contributed by atoms with van der Waals surface area (Å²) in [7, 11) is 4.31. The van der Waals surface area contributed by atoms with Gasteiger partial charge in [0.1, 0.15) is 0 Å². The summed E-state index contributed by atoms with van der Waals surface area (Å²) >= 11 is 0. The van der Waals surface area contributed by atoms with Gasteiger partial charge in [-0.1, -0.05) is 24.3 Å². The van der Waals surface area contributed by atoms with E-state index in [1.807, 2.05) is 0 Å².